The highest BCUT2D eigenvalue weighted by molar-refractivity contribution is 5.14. The Morgan fingerprint density at radius 1 is 1.64 bits per heavy atom. The summed E-state index contributed by atoms with van der Waals surface area (Å²) in [6.07, 6.45) is 0.716. The van der Waals surface area contributed by atoms with Gasteiger partial charge in [0.05, 0.1) is 6.61 Å². The lowest BCUT2D eigenvalue weighted by Crippen LogP contribution is -2.26. The Balaban J connectivity index is 2.51. The molecule has 0 aliphatic heterocycles. The molecule has 2 nitrogen and oxygen atoms in total. The molecule has 0 amide bonds. The van der Waals surface area contributed by atoms with Gasteiger partial charge in [-0.15, -0.1) is 0 Å². The van der Waals surface area contributed by atoms with Crippen LogP contribution in [0.25, 0.3) is 0 Å². The molecule has 0 saturated heterocycles. The fourth-order valence-electron chi connectivity index (χ4n) is 0.925. The fourth-order valence-corrected chi connectivity index (χ4v) is 0.925. The van der Waals surface area contributed by atoms with Crippen molar-refractivity contribution >= 4 is 0 Å². The van der Waals surface area contributed by atoms with Gasteiger partial charge >= 0.3 is 0 Å². The first-order valence-electron chi connectivity index (χ1n) is 3.64. The first-order chi connectivity index (χ1) is 5.33. The second kappa shape index (κ2) is 4.11. The summed E-state index contributed by atoms with van der Waals surface area (Å²) in [4.78, 5) is 0. The standard InChI is InChI=1S/C9H12NO/c10-9(7-11)6-8-4-2-1-3-5-8/h1-2,4-5,9,11H,6-7,10H2/t9-/m0/s1. The van der Waals surface area contributed by atoms with E-state index in [0.717, 1.165) is 5.56 Å². The van der Waals surface area contributed by atoms with Crippen LogP contribution in [0.2, 0.25) is 0 Å². The molecule has 1 rings (SSSR count). The molecule has 1 radical (unpaired) electrons. The Morgan fingerprint density at radius 3 is 3.00 bits per heavy atom. The van der Waals surface area contributed by atoms with E-state index < -0.39 is 0 Å². The summed E-state index contributed by atoms with van der Waals surface area (Å²) in [5.74, 6) is 0. The average molecular weight is 150 g/mol. The summed E-state index contributed by atoms with van der Waals surface area (Å²) < 4.78 is 0. The highest BCUT2D eigenvalue weighted by atomic mass is 16.3. The highest BCUT2D eigenvalue weighted by Gasteiger charge is 2.00. The van der Waals surface area contributed by atoms with Crippen LogP contribution in [0.1, 0.15) is 5.56 Å². The van der Waals surface area contributed by atoms with Crippen LogP contribution in [0.5, 0.6) is 0 Å². The van der Waals surface area contributed by atoms with Crippen LogP contribution in [0.4, 0.5) is 0 Å². The minimum atomic E-state index is -0.147. The lowest BCUT2D eigenvalue weighted by atomic mass is 10.1. The first kappa shape index (κ1) is 8.24. The summed E-state index contributed by atoms with van der Waals surface area (Å²) in [5.41, 5.74) is 6.66. The van der Waals surface area contributed by atoms with E-state index in [-0.39, 0.29) is 12.6 Å². The Morgan fingerprint density at radius 2 is 2.45 bits per heavy atom. The van der Waals surface area contributed by atoms with E-state index in [9.17, 15) is 0 Å². The summed E-state index contributed by atoms with van der Waals surface area (Å²) in [5, 5.41) is 8.66. The van der Waals surface area contributed by atoms with Crippen LogP contribution in [-0.4, -0.2) is 17.8 Å². The van der Waals surface area contributed by atoms with Gasteiger partial charge in [0.2, 0.25) is 0 Å². The smallest absolute Gasteiger partial charge is 0.0585 e. The van der Waals surface area contributed by atoms with Gasteiger partial charge in [0, 0.05) is 6.04 Å². The van der Waals surface area contributed by atoms with E-state index in [1.54, 1.807) is 0 Å². The number of nitrogens with two attached hydrogens (primary N) is 1. The zero-order valence-electron chi connectivity index (χ0n) is 6.33. The molecule has 0 spiro atoms. The van der Waals surface area contributed by atoms with E-state index in [4.69, 9.17) is 10.8 Å². The zero-order valence-corrected chi connectivity index (χ0v) is 6.33. The number of aliphatic hydroxyl groups is 1. The maximum absolute atomic E-state index is 8.66. The molecule has 0 fully saturated rings. The summed E-state index contributed by atoms with van der Waals surface area (Å²) in [7, 11) is 0. The van der Waals surface area contributed by atoms with E-state index in [1.807, 2.05) is 24.3 Å². The summed E-state index contributed by atoms with van der Waals surface area (Å²) in [6.45, 7) is 0.0366. The van der Waals surface area contributed by atoms with Crippen molar-refractivity contribution in [3.8, 4) is 0 Å². The molecule has 0 aliphatic rings. The van der Waals surface area contributed by atoms with E-state index in [1.165, 1.54) is 0 Å². The largest absolute Gasteiger partial charge is 0.395 e. The number of hydrogen-bond acceptors (Lipinski definition) is 2. The van der Waals surface area contributed by atoms with Gasteiger partial charge < -0.3 is 10.8 Å². The topological polar surface area (TPSA) is 46.2 Å². The lowest BCUT2D eigenvalue weighted by Gasteiger charge is -2.06. The molecule has 1 aromatic rings. The van der Waals surface area contributed by atoms with Gasteiger partial charge in [-0.1, -0.05) is 24.3 Å². The van der Waals surface area contributed by atoms with Crippen molar-refractivity contribution in [3.63, 3.8) is 0 Å². The molecule has 0 bridgehead atoms. The third-order valence-corrected chi connectivity index (χ3v) is 1.50. The number of aliphatic hydroxyl groups excluding tert-OH is 1. The van der Waals surface area contributed by atoms with Crippen molar-refractivity contribution in [1.29, 1.82) is 0 Å². The maximum atomic E-state index is 8.66. The van der Waals surface area contributed by atoms with Gasteiger partial charge in [0.1, 0.15) is 0 Å². The van der Waals surface area contributed by atoms with Crippen LogP contribution in [0.15, 0.2) is 24.3 Å². The van der Waals surface area contributed by atoms with Gasteiger partial charge in [0.25, 0.3) is 0 Å². The van der Waals surface area contributed by atoms with Crippen LogP contribution in [-0.2, 0) is 6.42 Å². The summed E-state index contributed by atoms with van der Waals surface area (Å²) >= 11 is 0. The maximum Gasteiger partial charge on any atom is 0.0585 e. The predicted octanol–water partition coefficient (Wildman–Crippen LogP) is 0.349. The SMILES string of the molecule is N[C@H](CO)Cc1c[c]ccc1. The van der Waals surface area contributed by atoms with Gasteiger partial charge in [-0.3, -0.25) is 0 Å². The molecule has 0 saturated carbocycles. The molecule has 2 heteroatoms. The Bertz CT molecular complexity index is 198. The van der Waals surface area contributed by atoms with Crippen molar-refractivity contribution < 1.29 is 5.11 Å². The minimum Gasteiger partial charge on any atom is -0.395 e. The minimum absolute atomic E-state index is 0.0366. The number of hydrogen-bond donors (Lipinski definition) is 2. The molecule has 0 heterocycles. The van der Waals surface area contributed by atoms with Crippen molar-refractivity contribution in [2.45, 2.75) is 12.5 Å². The normalized spacial score (nSPS) is 12.9. The van der Waals surface area contributed by atoms with Crippen molar-refractivity contribution in [2.24, 2.45) is 5.73 Å². The van der Waals surface area contributed by atoms with Crippen molar-refractivity contribution in [1.82, 2.24) is 0 Å². The quantitative estimate of drug-likeness (QED) is 0.653. The molecular weight excluding hydrogens is 138 g/mol. The van der Waals surface area contributed by atoms with Crippen LogP contribution in [0, 0.1) is 6.07 Å². The Labute approximate surface area is 66.7 Å². The molecule has 11 heavy (non-hydrogen) atoms. The van der Waals surface area contributed by atoms with Gasteiger partial charge in [-0.2, -0.15) is 0 Å². The fraction of sp³-hybridized carbons (Fsp3) is 0.333. The molecule has 0 aliphatic carbocycles. The molecule has 0 aromatic heterocycles. The van der Waals surface area contributed by atoms with Gasteiger partial charge in [-0.05, 0) is 18.1 Å². The van der Waals surface area contributed by atoms with Crippen LogP contribution in [0.3, 0.4) is 0 Å². The second-order valence-electron chi connectivity index (χ2n) is 2.56. The van der Waals surface area contributed by atoms with Crippen LogP contribution < -0.4 is 5.73 Å². The predicted molar refractivity (Wildman–Crippen MR) is 44.0 cm³/mol. The first-order valence-corrected chi connectivity index (χ1v) is 3.64. The molecule has 59 valence electrons. The molecule has 3 N–H and O–H groups in total. The summed E-state index contributed by atoms with van der Waals surface area (Å²) in [6, 6.07) is 10.4. The van der Waals surface area contributed by atoms with Crippen molar-refractivity contribution in [2.75, 3.05) is 6.61 Å². The number of benzene rings is 1. The van der Waals surface area contributed by atoms with Gasteiger partial charge in [-0.25, -0.2) is 0 Å². The third kappa shape index (κ3) is 2.70. The molecular formula is C9H12NO. The van der Waals surface area contributed by atoms with Crippen molar-refractivity contribution in [3.05, 3.63) is 35.9 Å². The average Bonchev–Trinajstić information content (AvgIpc) is 2.06. The Kier molecular flexibility index (Phi) is 3.08. The molecule has 1 atom stereocenters. The molecule has 0 unspecified atom stereocenters. The van der Waals surface area contributed by atoms with Gasteiger partial charge in [0.15, 0.2) is 0 Å². The second-order valence-corrected chi connectivity index (χ2v) is 2.56. The monoisotopic (exact) mass is 150 g/mol. The highest BCUT2D eigenvalue weighted by Crippen LogP contribution is 2.00. The third-order valence-electron chi connectivity index (χ3n) is 1.50. The van der Waals surface area contributed by atoms with E-state index in [0.29, 0.717) is 6.42 Å². The Hall–Kier alpha value is -0.860. The zero-order chi connectivity index (χ0) is 8.10. The van der Waals surface area contributed by atoms with Crippen LogP contribution >= 0.6 is 0 Å². The lowest BCUT2D eigenvalue weighted by molar-refractivity contribution is 0.265. The van der Waals surface area contributed by atoms with E-state index in [2.05, 4.69) is 6.07 Å². The molecule has 1 aromatic carbocycles. The van der Waals surface area contributed by atoms with E-state index >= 15 is 0 Å². The number of rotatable bonds is 3.